The van der Waals surface area contributed by atoms with E-state index in [9.17, 15) is 0 Å². The Kier molecular flexibility index (Phi) is 5.21. The van der Waals surface area contributed by atoms with E-state index in [4.69, 9.17) is 4.74 Å². The van der Waals surface area contributed by atoms with Crippen LogP contribution < -0.4 is 10.1 Å². The van der Waals surface area contributed by atoms with Gasteiger partial charge < -0.3 is 10.1 Å². The van der Waals surface area contributed by atoms with Gasteiger partial charge in [-0.15, -0.1) is 0 Å². The molecule has 0 radical (unpaired) electrons. The minimum Gasteiger partial charge on any atom is -0.474 e. The molecule has 0 saturated heterocycles. The lowest BCUT2D eigenvalue weighted by molar-refractivity contribution is 0.0848. The number of ether oxygens (including phenoxy) is 1. The molecule has 1 aliphatic rings. The van der Waals surface area contributed by atoms with Crippen molar-refractivity contribution in [3.05, 3.63) is 11.4 Å². The molecule has 1 saturated carbocycles. The summed E-state index contributed by atoms with van der Waals surface area (Å²) in [4.78, 5) is 9.09. The predicted octanol–water partition coefficient (Wildman–Crippen LogP) is 3.74. The van der Waals surface area contributed by atoms with Crippen LogP contribution in [0.1, 0.15) is 57.3 Å². The maximum atomic E-state index is 6.28. The van der Waals surface area contributed by atoms with Gasteiger partial charge in [-0.05, 0) is 38.5 Å². The van der Waals surface area contributed by atoms with Gasteiger partial charge in [-0.25, -0.2) is 4.98 Å². The fourth-order valence-electron chi connectivity index (χ4n) is 3.00. The lowest BCUT2D eigenvalue weighted by atomic mass is 9.85. The van der Waals surface area contributed by atoms with E-state index in [1.54, 1.807) is 0 Å². The fraction of sp³-hybridized carbons (Fsp3) is 0.750. The Morgan fingerprint density at radius 1 is 1.20 bits per heavy atom. The second kappa shape index (κ2) is 6.91. The minimum absolute atomic E-state index is 0.316. The van der Waals surface area contributed by atoms with E-state index in [0.717, 1.165) is 35.9 Å². The molecule has 1 aromatic heterocycles. The molecule has 0 bridgehead atoms. The first-order chi connectivity index (χ1) is 9.69. The first-order valence-electron chi connectivity index (χ1n) is 7.91. The highest BCUT2D eigenvalue weighted by atomic mass is 16.5. The third-order valence-electron chi connectivity index (χ3n) is 4.33. The fourth-order valence-corrected chi connectivity index (χ4v) is 3.00. The van der Waals surface area contributed by atoms with Crippen LogP contribution in [0.4, 0.5) is 5.82 Å². The van der Waals surface area contributed by atoms with Crippen LogP contribution in [0.2, 0.25) is 0 Å². The highest BCUT2D eigenvalue weighted by molar-refractivity contribution is 5.48. The van der Waals surface area contributed by atoms with E-state index in [-0.39, 0.29) is 0 Å². The van der Waals surface area contributed by atoms with Crippen LogP contribution in [0.25, 0.3) is 0 Å². The van der Waals surface area contributed by atoms with E-state index >= 15 is 0 Å². The largest absolute Gasteiger partial charge is 0.474 e. The van der Waals surface area contributed by atoms with Crippen molar-refractivity contribution in [3.8, 4) is 5.88 Å². The third-order valence-corrected chi connectivity index (χ3v) is 4.33. The maximum absolute atomic E-state index is 6.28. The van der Waals surface area contributed by atoms with Crippen molar-refractivity contribution in [3.63, 3.8) is 0 Å². The van der Waals surface area contributed by atoms with Crippen LogP contribution in [0.15, 0.2) is 0 Å². The Balaban J connectivity index is 2.23. The summed E-state index contributed by atoms with van der Waals surface area (Å²) in [5.41, 5.74) is 1.02. The van der Waals surface area contributed by atoms with Crippen molar-refractivity contribution in [2.45, 2.75) is 65.4 Å². The number of nitrogens with one attached hydrogen (secondary N) is 1. The van der Waals surface area contributed by atoms with Crippen molar-refractivity contribution < 1.29 is 4.74 Å². The van der Waals surface area contributed by atoms with E-state index in [1.165, 1.54) is 25.7 Å². The standard InChI is InChI=1S/C16H27N3O/c1-5-12-9-7-8-10-13(12)20-16-11(3)15(17-4)18-14(6-2)19-16/h12-13H,5-10H2,1-4H3,(H,17,18,19). The molecule has 0 spiro atoms. The minimum atomic E-state index is 0.316. The maximum Gasteiger partial charge on any atom is 0.222 e. The molecule has 0 amide bonds. The molecule has 2 rings (SSSR count). The number of nitrogens with zero attached hydrogens (tertiary/aromatic N) is 2. The van der Waals surface area contributed by atoms with Crippen LogP contribution in [-0.4, -0.2) is 23.1 Å². The molecule has 2 atom stereocenters. The van der Waals surface area contributed by atoms with E-state index in [0.29, 0.717) is 12.0 Å². The molecule has 1 aliphatic carbocycles. The Bertz CT molecular complexity index is 448. The normalized spacial score (nSPS) is 22.6. The van der Waals surface area contributed by atoms with Crippen molar-refractivity contribution in [2.75, 3.05) is 12.4 Å². The lowest BCUT2D eigenvalue weighted by Crippen LogP contribution is -2.30. The van der Waals surface area contributed by atoms with Gasteiger partial charge in [0.05, 0.1) is 5.56 Å². The molecule has 0 aliphatic heterocycles. The van der Waals surface area contributed by atoms with Gasteiger partial charge in [-0.3, -0.25) is 0 Å². The Labute approximate surface area is 122 Å². The summed E-state index contributed by atoms with van der Waals surface area (Å²) < 4.78 is 6.28. The van der Waals surface area contributed by atoms with Crippen LogP contribution in [0, 0.1) is 12.8 Å². The quantitative estimate of drug-likeness (QED) is 0.890. The van der Waals surface area contributed by atoms with E-state index in [1.807, 2.05) is 14.0 Å². The van der Waals surface area contributed by atoms with Crippen molar-refractivity contribution in [2.24, 2.45) is 5.92 Å². The summed E-state index contributed by atoms with van der Waals surface area (Å²) in [6.45, 7) is 6.36. The zero-order valence-corrected chi connectivity index (χ0v) is 13.2. The Hall–Kier alpha value is -1.32. The van der Waals surface area contributed by atoms with Gasteiger partial charge in [0.1, 0.15) is 17.7 Å². The Morgan fingerprint density at radius 3 is 2.60 bits per heavy atom. The monoisotopic (exact) mass is 277 g/mol. The van der Waals surface area contributed by atoms with E-state index < -0.39 is 0 Å². The zero-order valence-electron chi connectivity index (χ0n) is 13.2. The van der Waals surface area contributed by atoms with Crippen LogP contribution in [0.3, 0.4) is 0 Å². The number of aromatic nitrogens is 2. The van der Waals surface area contributed by atoms with Crippen LogP contribution >= 0.6 is 0 Å². The average molecular weight is 277 g/mol. The molecular weight excluding hydrogens is 250 g/mol. The van der Waals surface area contributed by atoms with Gasteiger partial charge >= 0.3 is 0 Å². The third kappa shape index (κ3) is 3.22. The van der Waals surface area contributed by atoms with E-state index in [2.05, 4.69) is 29.1 Å². The van der Waals surface area contributed by atoms with Gasteiger partial charge in [-0.1, -0.05) is 20.3 Å². The highest BCUT2D eigenvalue weighted by Crippen LogP contribution is 2.32. The topological polar surface area (TPSA) is 47.0 Å². The lowest BCUT2D eigenvalue weighted by Gasteiger charge is -2.31. The van der Waals surface area contributed by atoms with Crippen LogP contribution in [0.5, 0.6) is 5.88 Å². The number of hydrogen-bond donors (Lipinski definition) is 1. The van der Waals surface area contributed by atoms with Gasteiger partial charge in [0, 0.05) is 13.5 Å². The average Bonchev–Trinajstić information content (AvgIpc) is 2.49. The summed E-state index contributed by atoms with van der Waals surface area (Å²) in [5.74, 6) is 3.17. The molecule has 0 aromatic carbocycles. The van der Waals surface area contributed by atoms with Crippen molar-refractivity contribution in [1.82, 2.24) is 9.97 Å². The SMILES string of the molecule is CCc1nc(NC)c(C)c(OC2CCCCC2CC)n1. The van der Waals surface area contributed by atoms with Gasteiger partial charge in [0.15, 0.2) is 0 Å². The highest BCUT2D eigenvalue weighted by Gasteiger charge is 2.26. The second-order valence-electron chi connectivity index (χ2n) is 5.63. The smallest absolute Gasteiger partial charge is 0.222 e. The summed E-state index contributed by atoms with van der Waals surface area (Å²) in [5, 5.41) is 3.14. The number of aryl methyl sites for hydroxylation is 1. The van der Waals surface area contributed by atoms with Gasteiger partial charge in [0.2, 0.25) is 5.88 Å². The van der Waals surface area contributed by atoms with Crippen molar-refractivity contribution >= 4 is 5.82 Å². The Morgan fingerprint density at radius 2 is 1.95 bits per heavy atom. The summed E-state index contributed by atoms with van der Waals surface area (Å²) >= 11 is 0. The molecule has 1 heterocycles. The molecule has 4 heteroatoms. The predicted molar refractivity (Wildman–Crippen MR) is 82.4 cm³/mol. The molecular formula is C16H27N3O. The summed E-state index contributed by atoms with van der Waals surface area (Å²) in [6, 6.07) is 0. The first kappa shape index (κ1) is 15.1. The molecule has 1 N–H and O–H groups in total. The second-order valence-corrected chi connectivity index (χ2v) is 5.63. The number of hydrogen-bond acceptors (Lipinski definition) is 4. The molecule has 1 fully saturated rings. The summed E-state index contributed by atoms with van der Waals surface area (Å²) in [6.07, 6.45) is 7.37. The molecule has 20 heavy (non-hydrogen) atoms. The number of rotatable bonds is 5. The van der Waals surface area contributed by atoms with Gasteiger partial charge in [0.25, 0.3) is 0 Å². The molecule has 1 aromatic rings. The molecule has 2 unspecified atom stereocenters. The first-order valence-corrected chi connectivity index (χ1v) is 7.91. The summed E-state index contributed by atoms with van der Waals surface area (Å²) in [7, 11) is 1.90. The van der Waals surface area contributed by atoms with Gasteiger partial charge in [-0.2, -0.15) is 4.98 Å². The van der Waals surface area contributed by atoms with Crippen LogP contribution in [-0.2, 0) is 6.42 Å². The molecule has 112 valence electrons. The number of anilines is 1. The van der Waals surface area contributed by atoms with Crippen molar-refractivity contribution in [1.29, 1.82) is 0 Å². The molecule has 4 nitrogen and oxygen atoms in total. The zero-order chi connectivity index (χ0) is 14.5.